The maximum atomic E-state index is 11.3. The van der Waals surface area contributed by atoms with Crippen molar-refractivity contribution in [3.8, 4) is 0 Å². The maximum Gasteiger partial charge on any atom is 0.508 e. The number of hydrogen-bond acceptors (Lipinski definition) is 7. The molecule has 0 aromatic heterocycles. The van der Waals surface area contributed by atoms with Gasteiger partial charge in [-0.3, -0.25) is 9.80 Å². The Balaban J connectivity index is 1.50. The molecule has 2 rings (SSSR count). The summed E-state index contributed by atoms with van der Waals surface area (Å²) in [7, 11) is 11.3. The molecule has 2 aliphatic heterocycles. The van der Waals surface area contributed by atoms with Crippen molar-refractivity contribution in [2.24, 2.45) is 0 Å². The van der Waals surface area contributed by atoms with Crippen molar-refractivity contribution in [1.82, 2.24) is 9.80 Å². The van der Waals surface area contributed by atoms with Gasteiger partial charge in [0.2, 0.25) is 0 Å². The Bertz CT molecular complexity index is 295. The maximum absolute atomic E-state index is 11.3. The van der Waals surface area contributed by atoms with Crippen LogP contribution in [0.5, 0.6) is 0 Å². The van der Waals surface area contributed by atoms with Gasteiger partial charge >= 0.3 is 6.16 Å². The average molecular weight is 280 g/mol. The summed E-state index contributed by atoms with van der Waals surface area (Å²) in [5, 5.41) is 0. The lowest BCUT2D eigenvalue weighted by atomic mass is 10.1. The van der Waals surface area contributed by atoms with Crippen LogP contribution in [0.25, 0.3) is 0 Å². The van der Waals surface area contributed by atoms with E-state index in [4.69, 9.17) is 34.6 Å². The van der Waals surface area contributed by atoms with Gasteiger partial charge in [0.25, 0.3) is 0 Å². The second-order valence-electron chi connectivity index (χ2n) is 4.54. The molecule has 108 valence electrons. The van der Waals surface area contributed by atoms with Crippen LogP contribution in [0.4, 0.5) is 4.79 Å². The molecule has 2 fully saturated rings. The first kappa shape index (κ1) is 15.6. The van der Waals surface area contributed by atoms with E-state index in [9.17, 15) is 4.79 Å². The first-order valence-corrected chi connectivity index (χ1v) is 6.69. The van der Waals surface area contributed by atoms with E-state index in [2.05, 4.69) is 0 Å². The largest absolute Gasteiger partial charge is 0.508 e. The highest BCUT2D eigenvalue weighted by Gasteiger charge is 2.21. The highest BCUT2D eigenvalue weighted by Crippen LogP contribution is 2.06. The van der Waals surface area contributed by atoms with Gasteiger partial charge in [-0.1, -0.05) is 0 Å². The first-order valence-electron chi connectivity index (χ1n) is 6.69. The van der Waals surface area contributed by atoms with Crippen molar-refractivity contribution in [3.63, 3.8) is 0 Å². The summed E-state index contributed by atoms with van der Waals surface area (Å²) >= 11 is 0. The second-order valence-corrected chi connectivity index (χ2v) is 4.54. The zero-order chi connectivity index (χ0) is 14.4. The Hall–Kier alpha value is -0.760. The Labute approximate surface area is 121 Å². The van der Waals surface area contributed by atoms with Crippen LogP contribution in [0.1, 0.15) is 0 Å². The highest BCUT2D eigenvalue weighted by molar-refractivity contribution is 6.11. The summed E-state index contributed by atoms with van der Waals surface area (Å²) in [6, 6.07) is 0. The molecule has 2 aliphatic rings. The van der Waals surface area contributed by atoms with Crippen molar-refractivity contribution < 1.29 is 23.7 Å². The molecule has 0 aromatic carbocycles. The van der Waals surface area contributed by atoms with Crippen LogP contribution in [0, 0.1) is 0 Å². The second kappa shape index (κ2) is 7.87. The molecule has 0 amide bonds. The van der Waals surface area contributed by atoms with Gasteiger partial charge in [-0.15, -0.1) is 0 Å². The molecule has 0 aliphatic carbocycles. The summed E-state index contributed by atoms with van der Waals surface area (Å²) in [6.45, 7) is 4.19. The van der Waals surface area contributed by atoms with Gasteiger partial charge in [-0.05, 0) is 0 Å². The van der Waals surface area contributed by atoms with Gasteiger partial charge < -0.3 is 18.9 Å². The molecule has 0 spiro atoms. The van der Waals surface area contributed by atoms with E-state index in [0.717, 1.165) is 13.1 Å². The van der Waals surface area contributed by atoms with Crippen molar-refractivity contribution in [3.05, 3.63) is 0 Å². The number of carbonyl (C=O) groups is 1. The zero-order valence-electron chi connectivity index (χ0n) is 11.4. The summed E-state index contributed by atoms with van der Waals surface area (Å²) in [6.07, 6.45) is -1.51. The number of carbonyl (C=O) groups excluding carboxylic acids is 1. The molecule has 2 unspecified atom stereocenters. The minimum atomic E-state index is -0.688. The molecule has 20 heavy (non-hydrogen) atoms. The van der Waals surface area contributed by atoms with Crippen molar-refractivity contribution in [1.29, 1.82) is 0 Å². The average Bonchev–Trinajstić information content (AvgIpc) is 3.00. The normalized spacial score (nSPS) is 27.8. The number of ether oxygens (including phenoxy) is 4. The summed E-state index contributed by atoms with van der Waals surface area (Å²) in [5.41, 5.74) is 0. The Morgan fingerprint density at radius 3 is 1.80 bits per heavy atom. The van der Waals surface area contributed by atoms with E-state index < -0.39 is 18.4 Å². The molecule has 0 aromatic rings. The number of nitrogens with zero attached hydrogens (tertiary/aromatic N) is 2. The molecule has 0 bridgehead atoms. The van der Waals surface area contributed by atoms with Crippen LogP contribution in [-0.4, -0.2) is 96.5 Å². The minimum Gasteiger partial charge on any atom is -0.433 e. The zero-order valence-corrected chi connectivity index (χ0v) is 11.4. The topological polar surface area (TPSA) is 60.5 Å². The standard InChI is InChI=1S/C11H18B2N2O5/c12-9-14(1-5-17-9)3-7-19-11(16)20-8-4-15-2-6-18-10(15)13/h9-10H,1-8H2. The molecule has 2 saturated heterocycles. The Morgan fingerprint density at radius 1 is 1.00 bits per heavy atom. The van der Waals surface area contributed by atoms with E-state index in [1.165, 1.54) is 0 Å². The molecule has 7 nitrogen and oxygen atoms in total. The SMILES string of the molecule is [B]C1OCCN1CCOC(=O)OCCN1CCOC1[B]. The van der Waals surface area contributed by atoms with Gasteiger partial charge in [-0.2, -0.15) is 0 Å². The van der Waals surface area contributed by atoms with Gasteiger partial charge in [0.1, 0.15) is 28.9 Å². The summed E-state index contributed by atoms with van der Waals surface area (Å²) in [5.74, 6) is 0. The molecular weight excluding hydrogens is 262 g/mol. The lowest BCUT2D eigenvalue weighted by Gasteiger charge is -2.20. The van der Waals surface area contributed by atoms with Crippen LogP contribution in [-0.2, 0) is 18.9 Å². The molecule has 4 radical (unpaired) electrons. The van der Waals surface area contributed by atoms with Crippen LogP contribution in [0.3, 0.4) is 0 Å². The molecule has 2 atom stereocenters. The minimum absolute atomic E-state index is 0.224. The third kappa shape index (κ3) is 4.66. The van der Waals surface area contributed by atoms with Gasteiger partial charge in [0.05, 0.1) is 25.5 Å². The lowest BCUT2D eigenvalue weighted by molar-refractivity contribution is 0.0297. The third-order valence-corrected chi connectivity index (χ3v) is 3.25. The van der Waals surface area contributed by atoms with E-state index in [0.29, 0.717) is 26.3 Å². The fraction of sp³-hybridized carbons (Fsp3) is 0.909. The smallest absolute Gasteiger partial charge is 0.433 e. The predicted octanol–water partition coefficient (Wildman–Crippen LogP) is -1.29. The monoisotopic (exact) mass is 280 g/mol. The van der Waals surface area contributed by atoms with Crippen LogP contribution in [0.2, 0.25) is 0 Å². The fourth-order valence-electron chi connectivity index (χ4n) is 2.06. The van der Waals surface area contributed by atoms with Crippen molar-refractivity contribution in [2.45, 2.75) is 12.3 Å². The molecular formula is C11H18B2N2O5. The van der Waals surface area contributed by atoms with E-state index in [1.807, 2.05) is 9.80 Å². The van der Waals surface area contributed by atoms with Crippen molar-refractivity contribution in [2.75, 3.05) is 52.6 Å². The van der Waals surface area contributed by atoms with Gasteiger partial charge in [0.15, 0.2) is 0 Å². The van der Waals surface area contributed by atoms with Gasteiger partial charge in [0, 0.05) is 26.2 Å². The van der Waals surface area contributed by atoms with E-state index in [-0.39, 0.29) is 13.2 Å². The van der Waals surface area contributed by atoms with Crippen molar-refractivity contribution >= 4 is 21.8 Å². The lowest BCUT2D eigenvalue weighted by Crippen LogP contribution is -2.35. The molecule has 9 heteroatoms. The van der Waals surface area contributed by atoms with Crippen LogP contribution in [0.15, 0.2) is 0 Å². The Kier molecular flexibility index (Phi) is 6.15. The quantitative estimate of drug-likeness (QED) is 0.443. The summed E-state index contributed by atoms with van der Waals surface area (Å²) < 4.78 is 20.2. The van der Waals surface area contributed by atoms with E-state index >= 15 is 0 Å². The Morgan fingerprint density at radius 2 is 1.45 bits per heavy atom. The highest BCUT2D eigenvalue weighted by atomic mass is 16.7. The number of hydrogen-bond donors (Lipinski definition) is 0. The first-order chi connectivity index (χ1) is 9.66. The van der Waals surface area contributed by atoms with Crippen LogP contribution >= 0.6 is 0 Å². The van der Waals surface area contributed by atoms with Gasteiger partial charge in [-0.25, -0.2) is 4.79 Å². The molecule has 0 saturated carbocycles. The fourth-order valence-corrected chi connectivity index (χ4v) is 2.06. The molecule has 0 N–H and O–H groups in total. The molecule has 2 heterocycles. The van der Waals surface area contributed by atoms with Crippen LogP contribution < -0.4 is 0 Å². The van der Waals surface area contributed by atoms with E-state index in [1.54, 1.807) is 0 Å². The third-order valence-electron chi connectivity index (χ3n) is 3.25. The predicted molar refractivity (Wildman–Crippen MR) is 71.4 cm³/mol. The summed E-state index contributed by atoms with van der Waals surface area (Å²) in [4.78, 5) is 15.1. The number of rotatable bonds is 6.